The Hall–Kier alpha value is -2.15. The Bertz CT molecular complexity index is 660. The average molecular weight is 357 g/mol. The minimum atomic E-state index is -0.561. The van der Waals surface area contributed by atoms with Crippen LogP contribution in [0.25, 0.3) is 0 Å². The van der Waals surface area contributed by atoms with Gasteiger partial charge < -0.3 is 15.8 Å². The molecule has 0 saturated heterocycles. The third-order valence-electron chi connectivity index (χ3n) is 2.49. The quantitative estimate of drug-likeness (QED) is 0.825. The fourth-order valence-electron chi connectivity index (χ4n) is 1.58. The van der Waals surface area contributed by atoms with Crippen molar-refractivity contribution in [1.29, 1.82) is 0 Å². The number of carbonyl (C=O) groups excluding carboxylic acids is 1. The molecule has 2 rings (SSSR count). The van der Waals surface area contributed by atoms with Crippen LogP contribution >= 0.6 is 15.9 Å². The lowest BCUT2D eigenvalue weighted by atomic mass is 10.2. The molecule has 0 heterocycles. The number of benzene rings is 2. The summed E-state index contributed by atoms with van der Waals surface area (Å²) in [4.78, 5) is 11.7. The van der Waals surface area contributed by atoms with Crippen LogP contribution in [0.15, 0.2) is 40.9 Å². The van der Waals surface area contributed by atoms with Crippen molar-refractivity contribution < 1.29 is 18.3 Å². The summed E-state index contributed by atoms with van der Waals surface area (Å²) in [7, 11) is 0. The van der Waals surface area contributed by atoms with Gasteiger partial charge in [0.1, 0.15) is 17.4 Å². The largest absolute Gasteiger partial charge is 0.484 e. The topological polar surface area (TPSA) is 64.3 Å². The molecule has 2 aromatic rings. The molecule has 0 aromatic heterocycles. The zero-order chi connectivity index (χ0) is 15.4. The van der Waals surface area contributed by atoms with Crippen LogP contribution in [0.3, 0.4) is 0 Å². The second kappa shape index (κ2) is 6.53. The van der Waals surface area contributed by atoms with Gasteiger partial charge in [-0.2, -0.15) is 0 Å². The number of nitrogen functional groups attached to an aromatic ring is 1. The lowest BCUT2D eigenvalue weighted by Crippen LogP contribution is -2.20. The predicted octanol–water partition coefficient (Wildman–Crippen LogP) is 3.33. The van der Waals surface area contributed by atoms with Gasteiger partial charge in [-0.1, -0.05) is 15.9 Å². The molecule has 0 saturated carbocycles. The molecule has 0 aliphatic rings. The molecule has 110 valence electrons. The van der Waals surface area contributed by atoms with Gasteiger partial charge in [0, 0.05) is 16.2 Å². The molecule has 0 fully saturated rings. The third kappa shape index (κ3) is 4.42. The molecule has 0 spiro atoms. The number of hydrogen-bond acceptors (Lipinski definition) is 3. The second-order valence-corrected chi connectivity index (χ2v) is 5.09. The van der Waals surface area contributed by atoms with Gasteiger partial charge in [-0.25, -0.2) is 8.78 Å². The summed E-state index contributed by atoms with van der Waals surface area (Å²) in [5.41, 5.74) is 5.67. The van der Waals surface area contributed by atoms with Gasteiger partial charge in [-0.05, 0) is 30.3 Å². The summed E-state index contributed by atoms with van der Waals surface area (Å²) < 4.78 is 31.8. The van der Waals surface area contributed by atoms with E-state index in [0.717, 1.165) is 12.1 Å². The number of amides is 1. The van der Waals surface area contributed by atoms with Crippen molar-refractivity contribution in [2.45, 2.75) is 0 Å². The smallest absolute Gasteiger partial charge is 0.262 e. The maximum atomic E-state index is 13.1. The van der Waals surface area contributed by atoms with Crippen molar-refractivity contribution >= 4 is 33.2 Å². The number of halogens is 3. The normalized spacial score (nSPS) is 10.2. The maximum Gasteiger partial charge on any atom is 0.262 e. The Labute approximate surface area is 128 Å². The first kappa shape index (κ1) is 15.2. The Kier molecular flexibility index (Phi) is 4.74. The zero-order valence-electron chi connectivity index (χ0n) is 10.7. The summed E-state index contributed by atoms with van der Waals surface area (Å²) in [6, 6.07) is 7.79. The van der Waals surface area contributed by atoms with E-state index >= 15 is 0 Å². The highest BCUT2D eigenvalue weighted by Crippen LogP contribution is 2.21. The number of ether oxygens (including phenoxy) is 1. The first-order valence-corrected chi connectivity index (χ1v) is 6.67. The standard InChI is InChI=1S/C14H11BrF2N2O2/c15-8-3-9(16)5-11(4-8)21-7-14(20)19-10-1-2-12(17)13(18)6-10/h1-6H,7,18H2,(H,19,20). The lowest BCUT2D eigenvalue weighted by molar-refractivity contribution is -0.118. The van der Waals surface area contributed by atoms with Crippen LogP contribution in [0, 0.1) is 11.6 Å². The average Bonchev–Trinajstić information content (AvgIpc) is 2.40. The molecule has 0 radical (unpaired) electrons. The summed E-state index contributed by atoms with van der Waals surface area (Å²) >= 11 is 3.12. The van der Waals surface area contributed by atoms with Crippen molar-refractivity contribution in [3.63, 3.8) is 0 Å². The molecular formula is C14H11BrF2N2O2. The highest BCUT2D eigenvalue weighted by atomic mass is 79.9. The van der Waals surface area contributed by atoms with Crippen molar-refractivity contribution in [2.75, 3.05) is 17.7 Å². The van der Waals surface area contributed by atoms with E-state index in [1.54, 1.807) is 0 Å². The number of hydrogen-bond donors (Lipinski definition) is 2. The van der Waals surface area contributed by atoms with Crippen molar-refractivity contribution in [2.24, 2.45) is 0 Å². The van der Waals surface area contributed by atoms with E-state index in [9.17, 15) is 13.6 Å². The van der Waals surface area contributed by atoms with Gasteiger partial charge in [-0.3, -0.25) is 4.79 Å². The monoisotopic (exact) mass is 356 g/mol. The number of nitrogens with one attached hydrogen (secondary N) is 1. The molecule has 2 aromatic carbocycles. The molecular weight excluding hydrogens is 346 g/mol. The predicted molar refractivity (Wildman–Crippen MR) is 79.0 cm³/mol. The SMILES string of the molecule is Nc1cc(NC(=O)COc2cc(F)cc(Br)c2)ccc1F. The molecule has 1 amide bonds. The number of anilines is 2. The van der Waals surface area contributed by atoms with E-state index < -0.39 is 17.5 Å². The first-order valence-electron chi connectivity index (χ1n) is 5.88. The first-order chi connectivity index (χ1) is 9.94. The Morgan fingerprint density at radius 3 is 2.67 bits per heavy atom. The fraction of sp³-hybridized carbons (Fsp3) is 0.0714. The molecule has 0 atom stereocenters. The van der Waals surface area contributed by atoms with Crippen LogP contribution in [0.1, 0.15) is 0 Å². The minimum absolute atomic E-state index is 0.0669. The fourth-order valence-corrected chi connectivity index (χ4v) is 2.02. The van der Waals surface area contributed by atoms with Gasteiger partial charge in [0.25, 0.3) is 5.91 Å². The van der Waals surface area contributed by atoms with Gasteiger partial charge >= 0.3 is 0 Å². The van der Waals surface area contributed by atoms with E-state index in [2.05, 4.69) is 21.2 Å². The molecule has 4 nitrogen and oxygen atoms in total. The number of rotatable bonds is 4. The van der Waals surface area contributed by atoms with Crippen LogP contribution in [0.5, 0.6) is 5.75 Å². The molecule has 21 heavy (non-hydrogen) atoms. The van der Waals surface area contributed by atoms with E-state index in [1.807, 2.05) is 0 Å². The highest BCUT2D eigenvalue weighted by molar-refractivity contribution is 9.10. The van der Waals surface area contributed by atoms with Crippen LogP contribution in [0.2, 0.25) is 0 Å². The summed E-state index contributed by atoms with van der Waals surface area (Å²) in [5, 5.41) is 2.49. The zero-order valence-corrected chi connectivity index (χ0v) is 12.3. The Morgan fingerprint density at radius 2 is 2.00 bits per heavy atom. The van der Waals surface area contributed by atoms with Gasteiger partial charge in [0.15, 0.2) is 6.61 Å². The van der Waals surface area contributed by atoms with Crippen LogP contribution < -0.4 is 15.8 Å². The Balaban J connectivity index is 1.94. The van der Waals surface area contributed by atoms with Crippen LogP contribution in [-0.4, -0.2) is 12.5 Å². The van der Waals surface area contributed by atoms with E-state index in [1.165, 1.54) is 24.3 Å². The van der Waals surface area contributed by atoms with Gasteiger partial charge in [0.05, 0.1) is 5.69 Å². The second-order valence-electron chi connectivity index (χ2n) is 4.18. The maximum absolute atomic E-state index is 13.1. The van der Waals surface area contributed by atoms with E-state index in [4.69, 9.17) is 10.5 Å². The summed E-state index contributed by atoms with van der Waals surface area (Å²) in [6.07, 6.45) is 0. The van der Waals surface area contributed by atoms with Crippen LogP contribution in [-0.2, 0) is 4.79 Å². The molecule has 0 aliphatic carbocycles. The molecule has 0 unspecified atom stereocenters. The van der Waals surface area contributed by atoms with E-state index in [-0.39, 0.29) is 18.0 Å². The van der Waals surface area contributed by atoms with Gasteiger partial charge in [-0.15, -0.1) is 0 Å². The number of carbonyl (C=O) groups is 1. The van der Waals surface area contributed by atoms with Gasteiger partial charge in [0.2, 0.25) is 0 Å². The molecule has 7 heteroatoms. The molecule has 0 bridgehead atoms. The van der Waals surface area contributed by atoms with Crippen LogP contribution in [0.4, 0.5) is 20.2 Å². The lowest BCUT2D eigenvalue weighted by Gasteiger charge is -2.08. The van der Waals surface area contributed by atoms with Crippen molar-refractivity contribution in [3.05, 3.63) is 52.5 Å². The third-order valence-corrected chi connectivity index (χ3v) is 2.94. The van der Waals surface area contributed by atoms with E-state index in [0.29, 0.717) is 10.2 Å². The highest BCUT2D eigenvalue weighted by Gasteiger charge is 2.07. The number of nitrogens with two attached hydrogens (primary N) is 1. The summed E-state index contributed by atoms with van der Waals surface area (Å²) in [6.45, 7) is -0.312. The minimum Gasteiger partial charge on any atom is -0.484 e. The molecule has 0 aliphatic heterocycles. The van der Waals surface area contributed by atoms with Crippen molar-refractivity contribution in [1.82, 2.24) is 0 Å². The van der Waals surface area contributed by atoms with Crippen molar-refractivity contribution in [3.8, 4) is 5.75 Å². The summed E-state index contributed by atoms with van der Waals surface area (Å²) in [5.74, 6) is -1.29. The Morgan fingerprint density at radius 1 is 1.24 bits per heavy atom. The molecule has 3 N–H and O–H groups in total.